The van der Waals surface area contributed by atoms with Gasteiger partial charge in [0.25, 0.3) is 0 Å². The number of benzene rings is 2. The van der Waals surface area contributed by atoms with E-state index in [1.807, 2.05) is 54.6 Å². The molecule has 1 heterocycles. The number of nitrogens with zero attached hydrogens (tertiary/aromatic N) is 3. The first kappa shape index (κ1) is 21.8. The Morgan fingerprint density at radius 3 is 2.60 bits per heavy atom. The van der Waals surface area contributed by atoms with Gasteiger partial charge in [0.2, 0.25) is 4.77 Å². The largest absolute Gasteiger partial charge is 0.493 e. The second-order valence-electron chi connectivity index (χ2n) is 6.90. The lowest BCUT2D eigenvalue weighted by Crippen LogP contribution is -2.05. The van der Waals surface area contributed by atoms with Crippen LogP contribution in [0.3, 0.4) is 0 Å². The van der Waals surface area contributed by atoms with Crippen LogP contribution in [0.1, 0.15) is 50.4 Å². The fourth-order valence-electron chi connectivity index (χ4n) is 2.93. The Morgan fingerprint density at radius 2 is 1.77 bits per heavy atom. The highest BCUT2D eigenvalue weighted by Gasteiger charge is 2.07. The van der Waals surface area contributed by atoms with Crippen LogP contribution in [0.15, 0.2) is 59.7 Å². The van der Waals surface area contributed by atoms with Gasteiger partial charge in [-0.2, -0.15) is 14.9 Å². The fourth-order valence-corrected chi connectivity index (χ4v) is 3.13. The van der Waals surface area contributed by atoms with Gasteiger partial charge in [0.05, 0.1) is 12.8 Å². The summed E-state index contributed by atoms with van der Waals surface area (Å²) < 4.78 is 13.7. The van der Waals surface area contributed by atoms with E-state index in [-0.39, 0.29) is 6.61 Å². The molecular weight excluding hydrogens is 396 g/mol. The lowest BCUT2D eigenvalue weighted by Gasteiger charge is -2.09. The van der Waals surface area contributed by atoms with E-state index in [9.17, 15) is 0 Å². The van der Waals surface area contributed by atoms with Crippen LogP contribution in [0.5, 0.6) is 11.5 Å². The van der Waals surface area contributed by atoms with Crippen molar-refractivity contribution in [2.24, 2.45) is 5.10 Å². The molecule has 0 saturated heterocycles. The first-order valence-corrected chi connectivity index (χ1v) is 10.8. The Kier molecular flexibility index (Phi) is 8.65. The Labute approximate surface area is 182 Å². The first-order valence-electron chi connectivity index (χ1n) is 10.4. The molecule has 0 fully saturated rings. The minimum Gasteiger partial charge on any atom is -0.493 e. The van der Waals surface area contributed by atoms with Crippen molar-refractivity contribution in [2.45, 2.75) is 45.6 Å². The van der Waals surface area contributed by atoms with Crippen molar-refractivity contribution >= 4 is 18.4 Å². The van der Waals surface area contributed by atoms with Crippen LogP contribution in [0.25, 0.3) is 0 Å². The minimum absolute atomic E-state index is 0.254. The summed E-state index contributed by atoms with van der Waals surface area (Å²) in [4.78, 5) is 0. The van der Waals surface area contributed by atoms with Crippen LogP contribution < -0.4 is 9.47 Å². The molecule has 0 radical (unpaired) electrons. The molecule has 1 aromatic heterocycles. The number of rotatable bonds is 12. The zero-order valence-electron chi connectivity index (χ0n) is 17.3. The predicted molar refractivity (Wildman–Crippen MR) is 122 cm³/mol. The maximum Gasteiger partial charge on any atom is 0.216 e. The molecule has 6 nitrogen and oxygen atoms in total. The molecule has 3 rings (SSSR count). The van der Waals surface area contributed by atoms with E-state index in [2.05, 4.69) is 22.2 Å². The van der Waals surface area contributed by atoms with Crippen LogP contribution in [0, 0.1) is 4.77 Å². The predicted octanol–water partition coefficient (Wildman–Crippen LogP) is 5.75. The van der Waals surface area contributed by atoms with E-state index in [0.717, 1.165) is 23.5 Å². The zero-order chi connectivity index (χ0) is 21.0. The lowest BCUT2D eigenvalue weighted by atomic mass is 10.2. The SMILES string of the molecule is CCCCCCCOc1ccccc1/C=N\n1c(COc2ccccc2)n[nH]c1=S. The van der Waals surface area contributed by atoms with Gasteiger partial charge in [0, 0.05) is 5.56 Å². The van der Waals surface area contributed by atoms with Gasteiger partial charge in [-0.15, -0.1) is 0 Å². The van der Waals surface area contributed by atoms with Gasteiger partial charge in [0.15, 0.2) is 5.82 Å². The number of aromatic amines is 1. The van der Waals surface area contributed by atoms with Crippen molar-refractivity contribution in [3.8, 4) is 11.5 Å². The molecule has 0 aliphatic heterocycles. The second-order valence-corrected chi connectivity index (χ2v) is 7.29. The summed E-state index contributed by atoms with van der Waals surface area (Å²) in [5.74, 6) is 2.17. The second kappa shape index (κ2) is 11.9. The van der Waals surface area contributed by atoms with Crippen molar-refractivity contribution in [1.82, 2.24) is 14.9 Å². The van der Waals surface area contributed by atoms with Crippen molar-refractivity contribution in [3.05, 3.63) is 70.8 Å². The van der Waals surface area contributed by atoms with Crippen molar-refractivity contribution in [2.75, 3.05) is 6.61 Å². The van der Waals surface area contributed by atoms with E-state index in [0.29, 0.717) is 17.2 Å². The summed E-state index contributed by atoms with van der Waals surface area (Å²) in [6, 6.07) is 17.4. The number of hydrogen-bond acceptors (Lipinski definition) is 5. The molecule has 0 aliphatic carbocycles. The minimum atomic E-state index is 0.254. The van der Waals surface area contributed by atoms with Gasteiger partial charge >= 0.3 is 0 Å². The Hall–Kier alpha value is -2.93. The van der Waals surface area contributed by atoms with Gasteiger partial charge in [-0.3, -0.25) is 0 Å². The van der Waals surface area contributed by atoms with Gasteiger partial charge in [-0.1, -0.05) is 62.9 Å². The maximum absolute atomic E-state index is 5.98. The van der Waals surface area contributed by atoms with Crippen molar-refractivity contribution in [1.29, 1.82) is 0 Å². The summed E-state index contributed by atoms with van der Waals surface area (Å²) in [7, 11) is 0. The van der Waals surface area contributed by atoms with E-state index >= 15 is 0 Å². The summed E-state index contributed by atoms with van der Waals surface area (Å²) >= 11 is 5.32. The number of nitrogens with one attached hydrogen (secondary N) is 1. The molecule has 0 saturated carbocycles. The smallest absolute Gasteiger partial charge is 0.216 e. The maximum atomic E-state index is 5.98. The van der Waals surface area contributed by atoms with Crippen molar-refractivity contribution < 1.29 is 9.47 Å². The Balaban J connectivity index is 1.63. The molecule has 0 atom stereocenters. The highest BCUT2D eigenvalue weighted by atomic mass is 32.1. The number of unbranched alkanes of at least 4 members (excludes halogenated alkanes) is 4. The Morgan fingerprint density at radius 1 is 1.00 bits per heavy atom. The quantitative estimate of drug-likeness (QED) is 0.228. The topological polar surface area (TPSA) is 64.4 Å². The third kappa shape index (κ3) is 6.56. The molecule has 7 heteroatoms. The average Bonchev–Trinajstić information content (AvgIpc) is 3.14. The molecule has 0 unspecified atom stereocenters. The Bertz CT molecular complexity index is 982. The number of ether oxygens (including phenoxy) is 2. The fraction of sp³-hybridized carbons (Fsp3) is 0.348. The molecule has 0 aliphatic rings. The lowest BCUT2D eigenvalue weighted by molar-refractivity contribution is 0.290. The molecule has 158 valence electrons. The molecule has 1 N–H and O–H groups in total. The highest BCUT2D eigenvalue weighted by molar-refractivity contribution is 7.71. The van der Waals surface area contributed by atoms with Crippen LogP contribution >= 0.6 is 12.2 Å². The van der Waals surface area contributed by atoms with E-state index in [4.69, 9.17) is 21.7 Å². The monoisotopic (exact) mass is 424 g/mol. The van der Waals surface area contributed by atoms with Gasteiger partial charge in [-0.25, -0.2) is 5.10 Å². The highest BCUT2D eigenvalue weighted by Crippen LogP contribution is 2.17. The van der Waals surface area contributed by atoms with E-state index in [1.54, 1.807) is 10.9 Å². The third-order valence-electron chi connectivity index (χ3n) is 4.57. The van der Waals surface area contributed by atoms with Gasteiger partial charge in [-0.05, 0) is 42.9 Å². The first-order chi connectivity index (χ1) is 14.8. The summed E-state index contributed by atoms with van der Waals surface area (Å²) in [5, 5.41) is 11.5. The number of para-hydroxylation sites is 2. The van der Waals surface area contributed by atoms with Gasteiger partial charge in [0.1, 0.15) is 18.1 Å². The molecule has 0 spiro atoms. The number of aromatic nitrogens is 3. The number of H-pyrrole nitrogens is 1. The van der Waals surface area contributed by atoms with Crippen LogP contribution in [0.4, 0.5) is 0 Å². The normalized spacial score (nSPS) is 11.1. The van der Waals surface area contributed by atoms with Crippen LogP contribution in [-0.4, -0.2) is 27.7 Å². The summed E-state index contributed by atoms with van der Waals surface area (Å²) in [6.45, 7) is 3.18. The van der Waals surface area contributed by atoms with E-state index in [1.165, 1.54) is 25.7 Å². The molecule has 0 amide bonds. The molecule has 3 aromatic rings. The summed E-state index contributed by atoms with van der Waals surface area (Å²) in [6.07, 6.45) is 7.78. The van der Waals surface area contributed by atoms with Crippen LogP contribution in [0.2, 0.25) is 0 Å². The number of hydrogen-bond donors (Lipinski definition) is 1. The third-order valence-corrected chi connectivity index (χ3v) is 4.83. The molecular formula is C23H28N4O2S. The molecule has 0 bridgehead atoms. The molecule has 2 aromatic carbocycles. The average molecular weight is 425 g/mol. The van der Waals surface area contributed by atoms with E-state index < -0.39 is 0 Å². The standard InChI is InChI=1S/C23H28N4O2S/c1-2-3-4-5-11-16-28-21-15-10-9-12-19(21)17-24-27-22(25-26-23(27)30)18-29-20-13-7-6-8-14-20/h6-10,12-15,17H,2-5,11,16,18H2,1H3,(H,26,30)/b24-17-. The van der Waals surface area contributed by atoms with Crippen molar-refractivity contribution in [3.63, 3.8) is 0 Å². The summed E-state index contributed by atoms with van der Waals surface area (Å²) in [5.41, 5.74) is 0.893. The zero-order valence-corrected chi connectivity index (χ0v) is 18.1. The van der Waals surface area contributed by atoms with Gasteiger partial charge < -0.3 is 9.47 Å². The molecule has 30 heavy (non-hydrogen) atoms. The van der Waals surface area contributed by atoms with Crippen LogP contribution in [-0.2, 0) is 6.61 Å².